The quantitative estimate of drug-likeness (QED) is 0.711. The number of benzene rings is 1. The van der Waals surface area contributed by atoms with Crippen molar-refractivity contribution in [2.75, 3.05) is 0 Å². The van der Waals surface area contributed by atoms with Crippen molar-refractivity contribution < 1.29 is 4.79 Å². The molecule has 2 aromatic heterocycles. The highest BCUT2D eigenvalue weighted by Crippen LogP contribution is 2.24. The van der Waals surface area contributed by atoms with Gasteiger partial charge in [-0.2, -0.15) is 0 Å². The van der Waals surface area contributed by atoms with Gasteiger partial charge in [-0.3, -0.25) is 19.7 Å². The number of H-pyrrole nitrogens is 2. The molecule has 0 saturated heterocycles. The Balaban J connectivity index is 2.19. The van der Waals surface area contributed by atoms with Crippen molar-refractivity contribution in [3.63, 3.8) is 0 Å². The van der Waals surface area contributed by atoms with Crippen molar-refractivity contribution in [1.29, 1.82) is 0 Å². The highest BCUT2D eigenvalue weighted by atomic mass is 79.9. The number of fused-ring (bicyclic) bond motifs is 1. The smallest absolute Gasteiger partial charge is 0.275 e. The molecular weight excluding hydrogens is 310 g/mol. The third-order valence-corrected chi connectivity index (χ3v) is 3.42. The second kappa shape index (κ2) is 4.47. The second-order valence-electron chi connectivity index (χ2n) is 4.02. The van der Waals surface area contributed by atoms with E-state index in [1.165, 1.54) is 6.20 Å². The molecule has 1 aromatic carbocycles. The van der Waals surface area contributed by atoms with E-state index in [-0.39, 0.29) is 11.3 Å². The summed E-state index contributed by atoms with van der Waals surface area (Å²) < 4.78 is 0.723. The van der Waals surface area contributed by atoms with Gasteiger partial charge in [-0.25, -0.2) is 0 Å². The summed E-state index contributed by atoms with van der Waals surface area (Å²) in [6.07, 6.45) is 3.05. The molecular formula is C13H8BrN3O2. The van der Waals surface area contributed by atoms with Gasteiger partial charge >= 0.3 is 0 Å². The van der Waals surface area contributed by atoms with E-state index in [4.69, 9.17) is 0 Å². The van der Waals surface area contributed by atoms with Crippen LogP contribution in [0.4, 0.5) is 0 Å². The van der Waals surface area contributed by atoms with Crippen molar-refractivity contribution in [2.45, 2.75) is 0 Å². The number of nitrogens with one attached hydrogen (secondary N) is 2. The number of carbonyl (C=O) groups is 1. The van der Waals surface area contributed by atoms with Gasteiger partial charge < -0.3 is 5.10 Å². The monoisotopic (exact) mass is 317 g/mol. The fraction of sp³-hybridized carbons (Fsp3) is 0. The fourth-order valence-corrected chi connectivity index (χ4v) is 2.49. The number of hydrogen-bond donors (Lipinski definition) is 2. The standard InChI is InChI=1S/C13H8BrN3O2/c14-10-5-8(4-7-2-1-3-15-11(7)10)12(18)9-6-16-17-13(9)19/h1-6H,(H2,16,17,19). The number of rotatable bonds is 2. The number of halogens is 1. The van der Waals surface area contributed by atoms with Crippen LogP contribution < -0.4 is 5.56 Å². The van der Waals surface area contributed by atoms with Gasteiger partial charge in [0.1, 0.15) is 5.56 Å². The van der Waals surface area contributed by atoms with Gasteiger partial charge in [0.2, 0.25) is 0 Å². The topological polar surface area (TPSA) is 78.6 Å². The molecule has 3 rings (SSSR count). The molecule has 2 N–H and O–H groups in total. The highest BCUT2D eigenvalue weighted by molar-refractivity contribution is 9.10. The van der Waals surface area contributed by atoms with Crippen molar-refractivity contribution in [3.05, 3.63) is 62.6 Å². The Labute approximate surface area is 115 Å². The summed E-state index contributed by atoms with van der Waals surface area (Å²) in [5, 5.41) is 5.70. The van der Waals surface area contributed by atoms with Gasteiger partial charge in [0.25, 0.3) is 5.56 Å². The van der Waals surface area contributed by atoms with Gasteiger partial charge in [-0.15, -0.1) is 0 Å². The number of ketones is 1. The summed E-state index contributed by atoms with van der Waals surface area (Å²) in [7, 11) is 0. The van der Waals surface area contributed by atoms with E-state index in [2.05, 4.69) is 31.1 Å². The number of nitrogens with zero attached hydrogens (tertiary/aromatic N) is 1. The van der Waals surface area contributed by atoms with Crippen molar-refractivity contribution in [1.82, 2.24) is 15.2 Å². The van der Waals surface area contributed by atoms with E-state index in [0.717, 1.165) is 15.4 Å². The van der Waals surface area contributed by atoms with Crippen molar-refractivity contribution in [2.24, 2.45) is 0 Å². The minimum Gasteiger partial charge on any atom is -0.305 e. The Bertz CT molecular complexity index is 835. The average molecular weight is 318 g/mol. The zero-order valence-corrected chi connectivity index (χ0v) is 11.2. The van der Waals surface area contributed by atoms with Crippen LogP contribution >= 0.6 is 15.9 Å². The molecule has 0 aliphatic rings. The lowest BCUT2D eigenvalue weighted by atomic mass is 10.0. The number of aromatic nitrogens is 3. The van der Waals surface area contributed by atoms with Crippen LogP contribution in [-0.2, 0) is 0 Å². The summed E-state index contributed by atoms with van der Waals surface area (Å²) in [4.78, 5) is 27.9. The number of carbonyl (C=O) groups excluding carboxylic acids is 1. The second-order valence-corrected chi connectivity index (χ2v) is 4.87. The first-order chi connectivity index (χ1) is 9.16. The Morgan fingerprint density at radius 3 is 2.89 bits per heavy atom. The van der Waals surface area contributed by atoms with Gasteiger partial charge in [0.05, 0.1) is 5.52 Å². The summed E-state index contributed by atoms with van der Waals surface area (Å²) in [5.74, 6) is -0.325. The molecule has 19 heavy (non-hydrogen) atoms. The average Bonchev–Trinajstić information content (AvgIpc) is 2.84. The SMILES string of the molecule is O=C(c1cc(Br)c2ncccc2c1)c1c[nH][nH]c1=O. The van der Waals surface area contributed by atoms with Crippen LogP contribution in [0.3, 0.4) is 0 Å². The van der Waals surface area contributed by atoms with E-state index in [1.807, 2.05) is 6.07 Å². The Morgan fingerprint density at radius 1 is 1.32 bits per heavy atom. The van der Waals surface area contributed by atoms with Crippen molar-refractivity contribution >= 4 is 32.6 Å². The van der Waals surface area contributed by atoms with E-state index >= 15 is 0 Å². The summed E-state index contributed by atoms with van der Waals surface area (Å²) in [6, 6.07) is 7.06. The van der Waals surface area contributed by atoms with Gasteiger partial charge in [0.15, 0.2) is 5.78 Å². The Morgan fingerprint density at radius 2 is 2.16 bits per heavy atom. The van der Waals surface area contributed by atoms with E-state index in [1.54, 1.807) is 24.4 Å². The number of pyridine rings is 1. The highest BCUT2D eigenvalue weighted by Gasteiger charge is 2.15. The van der Waals surface area contributed by atoms with Crippen LogP contribution in [0.25, 0.3) is 10.9 Å². The molecule has 0 saturated carbocycles. The molecule has 0 unspecified atom stereocenters. The molecule has 0 atom stereocenters. The van der Waals surface area contributed by atoms with Gasteiger partial charge in [-0.1, -0.05) is 6.07 Å². The minimum absolute atomic E-state index is 0.0927. The maximum absolute atomic E-state index is 12.2. The molecule has 0 aliphatic heterocycles. The predicted octanol–water partition coefficient (Wildman–Crippen LogP) is 2.24. The summed E-state index contributed by atoms with van der Waals surface area (Å²) >= 11 is 3.39. The molecule has 5 nitrogen and oxygen atoms in total. The molecule has 94 valence electrons. The lowest BCUT2D eigenvalue weighted by Gasteiger charge is -2.03. The molecule has 3 aromatic rings. The predicted molar refractivity (Wildman–Crippen MR) is 74.3 cm³/mol. The Hall–Kier alpha value is -2.21. The molecule has 6 heteroatoms. The van der Waals surface area contributed by atoms with E-state index in [0.29, 0.717) is 5.56 Å². The zero-order valence-electron chi connectivity index (χ0n) is 9.61. The number of hydrogen-bond acceptors (Lipinski definition) is 3. The summed E-state index contributed by atoms with van der Waals surface area (Å²) in [6.45, 7) is 0. The van der Waals surface area contributed by atoms with Crippen LogP contribution in [0, 0.1) is 0 Å². The Kier molecular flexibility index (Phi) is 2.79. The molecule has 0 spiro atoms. The first kappa shape index (κ1) is 11.9. The minimum atomic E-state index is -0.424. The fourth-order valence-electron chi connectivity index (χ4n) is 1.91. The van der Waals surface area contributed by atoms with Crippen LogP contribution in [0.1, 0.15) is 15.9 Å². The van der Waals surface area contributed by atoms with Crippen LogP contribution in [-0.4, -0.2) is 21.0 Å². The first-order valence-corrected chi connectivity index (χ1v) is 6.31. The van der Waals surface area contributed by atoms with Gasteiger partial charge in [0, 0.05) is 27.8 Å². The van der Waals surface area contributed by atoms with E-state index in [9.17, 15) is 9.59 Å². The third-order valence-electron chi connectivity index (χ3n) is 2.81. The lowest BCUT2D eigenvalue weighted by Crippen LogP contribution is -2.13. The normalized spacial score (nSPS) is 10.8. The first-order valence-electron chi connectivity index (χ1n) is 5.52. The maximum atomic E-state index is 12.2. The van der Waals surface area contributed by atoms with Crippen LogP contribution in [0.15, 0.2) is 45.9 Å². The third kappa shape index (κ3) is 2.00. The largest absolute Gasteiger partial charge is 0.305 e. The molecule has 0 bridgehead atoms. The van der Waals surface area contributed by atoms with Gasteiger partial charge in [-0.05, 0) is 34.1 Å². The zero-order chi connectivity index (χ0) is 13.4. The molecule has 2 heterocycles. The van der Waals surface area contributed by atoms with Crippen LogP contribution in [0.5, 0.6) is 0 Å². The lowest BCUT2D eigenvalue weighted by molar-refractivity contribution is 0.103. The summed E-state index contributed by atoms with van der Waals surface area (Å²) in [5.41, 5.74) is 0.891. The number of aromatic amines is 2. The molecule has 0 aliphatic carbocycles. The molecule has 0 radical (unpaired) electrons. The van der Waals surface area contributed by atoms with E-state index < -0.39 is 5.56 Å². The molecule has 0 amide bonds. The molecule has 0 fully saturated rings. The van der Waals surface area contributed by atoms with Crippen LogP contribution in [0.2, 0.25) is 0 Å². The van der Waals surface area contributed by atoms with Crippen molar-refractivity contribution in [3.8, 4) is 0 Å². The maximum Gasteiger partial charge on any atom is 0.275 e.